The summed E-state index contributed by atoms with van der Waals surface area (Å²) < 4.78 is 0. The number of amides is 1. The molecule has 1 aliphatic heterocycles. The first-order valence-electron chi connectivity index (χ1n) is 5.37. The number of hydrogen-bond acceptors (Lipinski definition) is 4. The van der Waals surface area contributed by atoms with E-state index in [1.807, 2.05) is 0 Å². The number of nitrogens with two attached hydrogens (primary N) is 1. The van der Waals surface area contributed by atoms with Crippen molar-refractivity contribution < 1.29 is 9.72 Å². The summed E-state index contributed by atoms with van der Waals surface area (Å²) in [5.41, 5.74) is 7.06. The SMILES string of the molecule is NC(=O)CC1NCCc2ccc([N+](=O)[O-])cc21. The largest absolute Gasteiger partial charge is 0.370 e. The van der Waals surface area contributed by atoms with Crippen molar-refractivity contribution >= 4 is 11.6 Å². The Hall–Kier alpha value is -1.95. The van der Waals surface area contributed by atoms with E-state index < -0.39 is 10.8 Å². The Labute approximate surface area is 98.0 Å². The van der Waals surface area contributed by atoms with E-state index in [0.717, 1.165) is 24.1 Å². The zero-order valence-corrected chi connectivity index (χ0v) is 9.18. The van der Waals surface area contributed by atoms with E-state index in [1.54, 1.807) is 6.07 Å². The van der Waals surface area contributed by atoms with Crippen LogP contribution in [-0.4, -0.2) is 17.4 Å². The lowest BCUT2D eigenvalue weighted by Gasteiger charge is -2.25. The van der Waals surface area contributed by atoms with E-state index >= 15 is 0 Å². The number of primary amides is 1. The first-order valence-corrected chi connectivity index (χ1v) is 5.37. The van der Waals surface area contributed by atoms with Crippen LogP contribution in [0.25, 0.3) is 0 Å². The zero-order valence-electron chi connectivity index (χ0n) is 9.18. The van der Waals surface area contributed by atoms with Gasteiger partial charge < -0.3 is 11.1 Å². The number of nitrogens with zero attached hydrogens (tertiary/aromatic N) is 1. The van der Waals surface area contributed by atoms with Crippen LogP contribution in [0.2, 0.25) is 0 Å². The molecule has 0 saturated heterocycles. The molecule has 0 aromatic heterocycles. The predicted octanol–water partition coefficient (Wildman–Crippen LogP) is 0.657. The highest BCUT2D eigenvalue weighted by Gasteiger charge is 2.23. The minimum atomic E-state index is -0.434. The van der Waals surface area contributed by atoms with Crippen LogP contribution in [0.4, 0.5) is 5.69 Å². The van der Waals surface area contributed by atoms with Crippen LogP contribution in [0.15, 0.2) is 18.2 Å². The van der Waals surface area contributed by atoms with Gasteiger partial charge in [-0.3, -0.25) is 14.9 Å². The van der Waals surface area contributed by atoms with Gasteiger partial charge in [-0.05, 0) is 24.1 Å². The van der Waals surface area contributed by atoms with Gasteiger partial charge in [0.15, 0.2) is 0 Å². The molecule has 1 atom stereocenters. The molecule has 3 N–H and O–H groups in total. The van der Waals surface area contributed by atoms with Gasteiger partial charge in [0, 0.05) is 24.6 Å². The third kappa shape index (κ3) is 2.42. The van der Waals surface area contributed by atoms with Gasteiger partial charge in [0.25, 0.3) is 5.69 Å². The number of benzene rings is 1. The molecule has 0 radical (unpaired) electrons. The number of carbonyl (C=O) groups is 1. The maximum absolute atomic E-state index is 10.9. The molecule has 1 amide bonds. The van der Waals surface area contributed by atoms with Crippen molar-refractivity contribution in [2.45, 2.75) is 18.9 Å². The van der Waals surface area contributed by atoms with Crippen LogP contribution in [0.5, 0.6) is 0 Å². The zero-order chi connectivity index (χ0) is 12.4. The Bertz CT molecular complexity index is 473. The highest BCUT2D eigenvalue weighted by Crippen LogP contribution is 2.28. The van der Waals surface area contributed by atoms with Crippen molar-refractivity contribution in [2.75, 3.05) is 6.54 Å². The topological polar surface area (TPSA) is 98.3 Å². The summed E-state index contributed by atoms with van der Waals surface area (Å²) in [5.74, 6) is -0.415. The molecule has 17 heavy (non-hydrogen) atoms. The van der Waals surface area contributed by atoms with Crippen LogP contribution in [-0.2, 0) is 11.2 Å². The second kappa shape index (κ2) is 4.50. The summed E-state index contributed by atoms with van der Waals surface area (Å²) in [6.07, 6.45) is 0.969. The lowest BCUT2D eigenvalue weighted by molar-refractivity contribution is -0.385. The van der Waals surface area contributed by atoms with Gasteiger partial charge in [0.2, 0.25) is 5.91 Å². The fourth-order valence-corrected chi connectivity index (χ4v) is 2.12. The molecule has 0 spiro atoms. The number of nitro groups is 1. The number of nitrogens with one attached hydrogen (secondary N) is 1. The van der Waals surface area contributed by atoms with Crippen LogP contribution < -0.4 is 11.1 Å². The number of carbonyl (C=O) groups excluding carboxylic acids is 1. The standard InChI is InChI=1S/C11H13N3O3/c12-11(15)6-10-9-5-8(14(16)17)2-1-7(9)3-4-13-10/h1-2,5,10,13H,3-4,6H2,(H2,12,15). The summed E-state index contributed by atoms with van der Waals surface area (Å²) in [6.45, 7) is 0.753. The Morgan fingerprint density at radius 3 is 3.00 bits per heavy atom. The summed E-state index contributed by atoms with van der Waals surface area (Å²) in [5, 5.41) is 13.9. The van der Waals surface area contributed by atoms with Crippen molar-refractivity contribution in [3.05, 3.63) is 39.4 Å². The van der Waals surface area contributed by atoms with E-state index in [-0.39, 0.29) is 18.2 Å². The maximum Gasteiger partial charge on any atom is 0.269 e. The van der Waals surface area contributed by atoms with Crippen LogP contribution in [0, 0.1) is 10.1 Å². The molecule has 0 fully saturated rings. The van der Waals surface area contributed by atoms with E-state index in [2.05, 4.69) is 5.32 Å². The monoisotopic (exact) mass is 235 g/mol. The molecule has 0 bridgehead atoms. The maximum atomic E-state index is 10.9. The van der Waals surface area contributed by atoms with Gasteiger partial charge in [-0.15, -0.1) is 0 Å². The molecule has 0 saturated carbocycles. The molecule has 1 aromatic rings. The first kappa shape index (κ1) is 11.5. The molecule has 6 heteroatoms. The third-order valence-electron chi connectivity index (χ3n) is 2.91. The van der Waals surface area contributed by atoms with Gasteiger partial charge >= 0.3 is 0 Å². The number of nitro benzene ring substituents is 1. The van der Waals surface area contributed by atoms with E-state index in [4.69, 9.17) is 5.73 Å². The van der Waals surface area contributed by atoms with E-state index in [9.17, 15) is 14.9 Å². The second-order valence-corrected chi connectivity index (χ2v) is 4.07. The van der Waals surface area contributed by atoms with E-state index in [1.165, 1.54) is 12.1 Å². The summed E-state index contributed by atoms with van der Waals surface area (Å²) in [7, 11) is 0. The minimum Gasteiger partial charge on any atom is -0.370 e. The number of fused-ring (bicyclic) bond motifs is 1. The molecular weight excluding hydrogens is 222 g/mol. The molecular formula is C11H13N3O3. The normalized spacial score (nSPS) is 18.5. The van der Waals surface area contributed by atoms with Crippen LogP contribution in [0.3, 0.4) is 0 Å². The Balaban J connectivity index is 2.37. The summed E-state index contributed by atoms with van der Waals surface area (Å²) in [4.78, 5) is 21.2. The molecule has 0 aliphatic carbocycles. The van der Waals surface area contributed by atoms with Crippen molar-refractivity contribution in [1.82, 2.24) is 5.32 Å². The number of hydrogen-bond donors (Lipinski definition) is 2. The average Bonchev–Trinajstić information content (AvgIpc) is 2.28. The molecule has 90 valence electrons. The van der Waals surface area contributed by atoms with Crippen LogP contribution in [0.1, 0.15) is 23.6 Å². The molecule has 1 unspecified atom stereocenters. The van der Waals surface area contributed by atoms with Crippen molar-refractivity contribution in [3.8, 4) is 0 Å². The van der Waals surface area contributed by atoms with Gasteiger partial charge in [0.05, 0.1) is 4.92 Å². The smallest absolute Gasteiger partial charge is 0.269 e. The van der Waals surface area contributed by atoms with Crippen molar-refractivity contribution in [1.29, 1.82) is 0 Å². The molecule has 1 heterocycles. The summed E-state index contributed by atoms with van der Waals surface area (Å²) in [6, 6.07) is 4.55. The van der Waals surface area contributed by atoms with Crippen LogP contribution >= 0.6 is 0 Å². The first-order chi connectivity index (χ1) is 8.08. The van der Waals surface area contributed by atoms with Crippen molar-refractivity contribution in [2.24, 2.45) is 5.73 Å². The Kier molecular flexibility index (Phi) is 3.06. The Morgan fingerprint density at radius 1 is 1.59 bits per heavy atom. The quantitative estimate of drug-likeness (QED) is 0.593. The lowest BCUT2D eigenvalue weighted by atomic mass is 9.92. The van der Waals surface area contributed by atoms with Gasteiger partial charge in [-0.1, -0.05) is 6.07 Å². The van der Waals surface area contributed by atoms with Gasteiger partial charge in [0.1, 0.15) is 0 Å². The highest BCUT2D eigenvalue weighted by molar-refractivity contribution is 5.75. The predicted molar refractivity (Wildman–Crippen MR) is 61.4 cm³/mol. The third-order valence-corrected chi connectivity index (χ3v) is 2.91. The molecule has 6 nitrogen and oxygen atoms in total. The minimum absolute atomic E-state index is 0.0434. The molecule has 1 aliphatic rings. The number of non-ortho nitro benzene ring substituents is 1. The molecule has 2 rings (SSSR count). The number of rotatable bonds is 3. The van der Waals surface area contributed by atoms with Gasteiger partial charge in [-0.2, -0.15) is 0 Å². The van der Waals surface area contributed by atoms with Crippen molar-refractivity contribution in [3.63, 3.8) is 0 Å². The van der Waals surface area contributed by atoms with E-state index in [0.29, 0.717) is 0 Å². The average molecular weight is 235 g/mol. The highest BCUT2D eigenvalue weighted by atomic mass is 16.6. The summed E-state index contributed by atoms with van der Waals surface area (Å²) >= 11 is 0. The van der Waals surface area contributed by atoms with Gasteiger partial charge in [-0.25, -0.2) is 0 Å². The fraction of sp³-hybridized carbons (Fsp3) is 0.364. The second-order valence-electron chi connectivity index (χ2n) is 4.07. The fourth-order valence-electron chi connectivity index (χ4n) is 2.12. The molecule has 1 aromatic carbocycles. The Morgan fingerprint density at radius 2 is 2.35 bits per heavy atom. The lowest BCUT2D eigenvalue weighted by Crippen LogP contribution is -2.32.